The highest BCUT2D eigenvalue weighted by molar-refractivity contribution is 6.05. The van der Waals surface area contributed by atoms with E-state index in [9.17, 15) is 14.9 Å². The van der Waals surface area contributed by atoms with Crippen molar-refractivity contribution < 1.29 is 14.5 Å². The van der Waals surface area contributed by atoms with Gasteiger partial charge in [0.2, 0.25) is 5.65 Å². The molecule has 30 heavy (non-hydrogen) atoms. The Hall–Kier alpha value is -4.20. The van der Waals surface area contributed by atoms with Gasteiger partial charge in [-0.1, -0.05) is 23.8 Å². The third-order valence-corrected chi connectivity index (χ3v) is 4.69. The van der Waals surface area contributed by atoms with Crippen molar-refractivity contribution in [3.05, 3.63) is 94.2 Å². The van der Waals surface area contributed by atoms with Crippen LogP contribution in [-0.4, -0.2) is 27.3 Å². The Bertz CT molecular complexity index is 1230. The van der Waals surface area contributed by atoms with Gasteiger partial charge in [0, 0.05) is 24.4 Å². The molecule has 0 aliphatic heterocycles. The summed E-state index contributed by atoms with van der Waals surface area (Å²) in [4.78, 5) is 29.3. The number of imidazole rings is 1. The van der Waals surface area contributed by atoms with Gasteiger partial charge in [-0.2, -0.15) is 9.38 Å². The van der Waals surface area contributed by atoms with Gasteiger partial charge in [-0.05, 0) is 54.3 Å². The third-order valence-electron chi connectivity index (χ3n) is 4.69. The highest BCUT2D eigenvalue weighted by Crippen LogP contribution is 2.32. The lowest BCUT2D eigenvalue weighted by atomic mass is 10.1. The topological polar surface area (TPSA) is 90.0 Å². The van der Waals surface area contributed by atoms with E-state index < -0.39 is 4.92 Å². The molecule has 150 valence electrons. The number of carbonyl (C=O) groups is 1. The summed E-state index contributed by atoms with van der Waals surface area (Å²) in [5.74, 6) is -0.106. The number of amides is 1. The molecule has 0 saturated heterocycles. The Labute approximate surface area is 172 Å². The van der Waals surface area contributed by atoms with Gasteiger partial charge in [-0.3, -0.25) is 4.79 Å². The SMILES string of the molecule is Cc1ccc(C(=O)N(C)c2ccc(Oc3nc4ccccn4c3[N+](=O)[O-])cc2)cc1. The molecule has 0 N–H and O–H groups in total. The molecule has 0 atom stereocenters. The number of aryl methyl sites for hydroxylation is 1. The maximum absolute atomic E-state index is 12.7. The summed E-state index contributed by atoms with van der Waals surface area (Å²) in [6.07, 6.45) is 1.56. The van der Waals surface area contributed by atoms with Gasteiger partial charge in [0.05, 0.1) is 6.20 Å². The van der Waals surface area contributed by atoms with Crippen LogP contribution in [0.5, 0.6) is 11.6 Å². The van der Waals surface area contributed by atoms with Gasteiger partial charge < -0.3 is 19.8 Å². The average Bonchev–Trinajstić information content (AvgIpc) is 3.12. The first-order valence-corrected chi connectivity index (χ1v) is 9.18. The zero-order chi connectivity index (χ0) is 21.3. The molecule has 0 spiro atoms. The predicted octanol–water partition coefficient (Wildman–Crippen LogP) is 4.62. The number of rotatable bonds is 5. The quantitative estimate of drug-likeness (QED) is 0.359. The minimum absolute atomic E-state index is 0.0944. The van der Waals surface area contributed by atoms with Crippen molar-refractivity contribution in [1.82, 2.24) is 9.38 Å². The van der Waals surface area contributed by atoms with Crippen LogP contribution in [0.1, 0.15) is 15.9 Å². The van der Waals surface area contributed by atoms with Gasteiger partial charge >= 0.3 is 11.7 Å². The summed E-state index contributed by atoms with van der Waals surface area (Å²) < 4.78 is 7.03. The Morgan fingerprint density at radius 1 is 1.07 bits per heavy atom. The van der Waals surface area contributed by atoms with Gasteiger partial charge in [-0.15, -0.1) is 0 Å². The lowest BCUT2D eigenvalue weighted by Crippen LogP contribution is -2.26. The van der Waals surface area contributed by atoms with E-state index in [1.165, 1.54) is 9.30 Å². The van der Waals surface area contributed by atoms with Gasteiger partial charge in [0.15, 0.2) is 0 Å². The Morgan fingerprint density at radius 2 is 1.77 bits per heavy atom. The van der Waals surface area contributed by atoms with Crippen LogP contribution in [0.25, 0.3) is 5.65 Å². The van der Waals surface area contributed by atoms with Crippen LogP contribution in [0.15, 0.2) is 72.9 Å². The van der Waals surface area contributed by atoms with Gasteiger partial charge in [0.25, 0.3) is 5.91 Å². The number of aromatic nitrogens is 2. The van der Waals surface area contributed by atoms with Crippen molar-refractivity contribution in [3.63, 3.8) is 0 Å². The van der Waals surface area contributed by atoms with E-state index in [0.29, 0.717) is 22.6 Å². The molecule has 1 amide bonds. The first-order chi connectivity index (χ1) is 14.4. The summed E-state index contributed by atoms with van der Waals surface area (Å²) in [7, 11) is 1.69. The van der Waals surface area contributed by atoms with Crippen molar-refractivity contribution in [2.75, 3.05) is 11.9 Å². The standard InChI is InChI=1S/C22H18N4O4/c1-15-6-8-16(9-7-15)22(27)24(2)17-10-12-18(13-11-17)30-20-21(26(28)29)25-14-4-3-5-19(25)23-20/h3-14H,1-2H3. The van der Waals surface area contributed by atoms with E-state index in [4.69, 9.17) is 4.74 Å². The van der Waals surface area contributed by atoms with Crippen molar-refractivity contribution in [2.45, 2.75) is 6.92 Å². The Balaban J connectivity index is 1.56. The number of pyridine rings is 1. The molecule has 0 saturated carbocycles. The van der Waals surface area contributed by atoms with Gasteiger partial charge in [-0.25, -0.2) is 0 Å². The summed E-state index contributed by atoms with van der Waals surface area (Å²) in [5.41, 5.74) is 2.75. The lowest BCUT2D eigenvalue weighted by molar-refractivity contribution is -0.391. The molecule has 4 aromatic rings. The number of anilines is 1. The van der Waals surface area contributed by atoms with Crippen LogP contribution in [0.3, 0.4) is 0 Å². The van der Waals surface area contributed by atoms with Crippen LogP contribution in [-0.2, 0) is 0 Å². The molecular weight excluding hydrogens is 384 g/mol. The highest BCUT2D eigenvalue weighted by atomic mass is 16.6. The van der Waals surface area contributed by atoms with Crippen molar-refractivity contribution in [2.24, 2.45) is 0 Å². The second-order valence-corrected chi connectivity index (χ2v) is 6.75. The van der Waals surface area contributed by atoms with Gasteiger partial charge in [0.1, 0.15) is 5.75 Å². The third kappa shape index (κ3) is 3.58. The van der Waals surface area contributed by atoms with Crippen molar-refractivity contribution in [1.29, 1.82) is 0 Å². The first kappa shape index (κ1) is 19.1. The van der Waals surface area contributed by atoms with E-state index in [1.54, 1.807) is 67.8 Å². The lowest BCUT2D eigenvalue weighted by Gasteiger charge is -2.18. The molecule has 4 rings (SSSR count). The molecular formula is C22H18N4O4. The van der Waals surface area contributed by atoms with Crippen LogP contribution in [0.4, 0.5) is 11.5 Å². The van der Waals surface area contributed by atoms with E-state index in [-0.39, 0.29) is 17.6 Å². The Kier molecular flexibility index (Phi) is 4.89. The predicted molar refractivity (Wildman–Crippen MR) is 112 cm³/mol. The average molecular weight is 402 g/mol. The summed E-state index contributed by atoms with van der Waals surface area (Å²) in [6.45, 7) is 1.96. The fourth-order valence-corrected chi connectivity index (χ4v) is 3.05. The molecule has 0 bridgehead atoms. The second-order valence-electron chi connectivity index (χ2n) is 6.75. The fourth-order valence-electron chi connectivity index (χ4n) is 3.05. The summed E-state index contributed by atoms with van der Waals surface area (Å²) in [5, 5.41) is 11.5. The maximum Gasteiger partial charge on any atom is 0.392 e. The van der Waals surface area contributed by atoms with E-state index >= 15 is 0 Å². The largest absolute Gasteiger partial charge is 0.433 e. The molecule has 0 aliphatic rings. The number of hydrogen-bond acceptors (Lipinski definition) is 5. The minimum Gasteiger partial charge on any atom is -0.433 e. The molecule has 2 aromatic carbocycles. The number of hydrogen-bond donors (Lipinski definition) is 0. The molecule has 0 aliphatic carbocycles. The molecule has 2 aromatic heterocycles. The number of nitrogens with zero attached hydrogens (tertiary/aromatic N) is 4. The second kappa shape index (κ2) is 7.67. The van der Waals surface area contributed by atoms with E-state index in [1.807, 2.05) is 19.1 Å². The summed E-state index contributed by atoms with van der Waals surface area (Å²) in [6, 6.07) is 19.1. The van der Waals surface area contributed by atoms with Crippen LogP contribution in [0.2, 0.25) is 0 Å². The van der Waals surface area contributed by atoms with Crippen LogP contribution in [0, 0.1) is 17.0 Å². The molecule has 8 heteroatoms. The van der Waals surface area contributed by atoms with Crippen LogP contribution >= 0.6 is 0 Å². The minimum atomic E-state index is -0.530. The monoisotopic (exact) mass is 402 g/mol. The normalized spacial score (nSPS) is 10.7. The number of fused-ring (bicyclic) bond motifs is 1. The molecule has 0 unspecified atom stereocenters. The molecule has 0 radical (unpaired) electrons. The van der Waals surface area contributed by atoms with E-state index in [0.717, 1.165) is 5.56 Å². The number of nitro groups is 1. The number of carbonyl (C=O) groups excluding carboxylic acids is 1. The Morgan fingerprint density at radius 3 is 2.43 bits per heavy atom. The highest BCUT2D eigenvalue weighted by Gasteiger charge is 2.24. The smallest absolute Gasteiger partial charge is 0.392 e. The number of benzene rings is 2. The first-order valence-electron chi connectivity index (χ1n) is 9.18. The van der Waals surface area contributed by atoms with Crippen LogP contribution < -0.4 is 9.64 Å². The van der Waals surface area contributed by atoms with E-state index in [2.05, 4.69) is 4.98 Å². The maximum atomic E-state index is 12.7. The summed E-state index contributed by atoms with van der Waals surface area (Å²) >= 11 is 0. The fraction of sp³-hybridized carbons (Fsp3) is 0.0909. The van der Waals surface area contributed by atoms with Crippen molar-refractivity contribution >= 4 is 23.1 Å². The zero-order valence-corrected chi connectivity index (χ0v) is 16.4. The molecule has 0 fully saturated rings. The molecule has 8 nitrogen and oxygen atoms in total. The molecule has 2 heterocycles. The number of ether oxygens (including phenoxy) is 1. The zero-order valence-electron chi connectivity index (χ0n) is 16.4. The van der Waals surface area contributed by atoms with Crippen molar-refractivity contribution in [3.8, 4) is 11.6 Å².